The van der Waals surface area contributed by atoms with Gasteiger partial charge in [0.25, 0.3) is 0 Å². The molecule has 0 N–H and O–H groups in total. The second-order valence-corrected chi connectivity index (χ2v) is 5.89. The SMILES string of the molecule is CC(=O)SCCC(=O)N1CCC[C@H]1c1ccncc1. The van der Waals surface area contributed by atoms with E-state index in [-0.39, 0.29) is 17.1 Å². The fourth-order valence-electron chi connectivity index (χ4n) is 2.42. The molecule has 2 heterocycles. The third kappa shape index (κ3) is 3.80. The Morgan fingerprint density at radius 3 is 2.84 bits per heavy atom. The molecule has 5 heteroatoms. The van der Waals surface area contributed by atoms with Crippen LogP contribution in [0.4, 0.5) is 0 Å². The Labute approximate surface area is 117 Å². The molecule has 0 aliphatic carbocycles. The zero-order valence-corrected chi connectivity index (χ0v) is 11.9. The van der Waals surface area contributed by atoms with Crippen LogP contribution in [0.1, 0.15) is 37.8 Å². The molecule has 1 aromatic heterocycles. The number of aromatic nitrogens is 1. The fourth-order valence-corrected chi connectivity index (χ4v) is 2.99. The molecule has 1 saturated heterocycles. The van der Waals surface area contributed by atoms with Crippen molar-refractivity contribution in [1.29, 1.82) is 0 Å². The molecule has 102 valence electrons. The number of carbonyl (C=O) groups is 2. The first-order valence-electron chi connectivity index (χ1n) is 6.51. The summed E-state index contributed by atoms with van der Waals surface area (Å²) in [4.78, 5) is 29.0. The van der Waals surface area contributed by atoms with E-state index in [9.17, 15) is 9.59 Å². The molecule has 1 aromatic rings. The van der Waals surface area contributed by atoms with Gasteiger partial charge in [0.15, 0.2) is 5.12 Å². The van der Waals surface area contributed by atoms with Gasteiger partial charge in [0.2, 0.25) is 5.91 Å². The van der Waals surface area contributed by atoms with E-state index in [1.54, 1.807) is 12.4 Å². The van der Waals surface area contributed by atoms with Crippen LogP contribution in [0.3, 0.4) is 0 Å². The normalized spacial score (nSPS) is 18.6. The number of rotatable bonds is 4. The number of amides is 1. The van der Waals surface area contributed by atoms with Crippen LogP contribution in [0.2, 0.25) is 0 Å². The van der Waals surface area contributed by atoms with E-state index >= 15 is 0 Å². The van der Waals surface area contributed by atoms with Gasteiger partial charge in [0.1, 0.15) is 0 Å². The fraction of sp³-hybridized carbons (Fsp3) is 0.500. The van der Waals surface area contributed by atoms with Crippen molar-refractivity contribution < 1.29 is 9.59 Å². The van der Waals surface area contributed by atoms with Gasteiger partial charge in [0, 0.05) is 38.0 Å². The highest BCUT2D eigenvalue weighted by Crippen LogP contribution is 2.32. The predicted octanol–water partition coefficient (Wildman–Crippen LogP) is 2.41. The molecule has 1 amide bonds. The number of hydrogen-bond donors (Lipinski definition) is 0. The van der Waals surface area contributed by atoms with Crippen LogP contribution >= 0.6 is 11.8 Å². The van der Waals surface area contributed by atoms with E-state index < -0.39 is 0 Å². The summed E-state index contributed by atoms with van der Waals surface area (Å²) in [7, 11) is 0. The van der Waals surface area contributed by atoms with Crippen molar-refractivity contribution in [2.45, 2.75) is 32.2 Å². The van der Waals surface area contributed by atoms with Crippen molar-refractivity contribution in [3.63, 3.8) is 0 Å². The zero-order valence-electron chi connectivity index (χ0n) is 11.0. The Kier molecular flexibility index (Phi) is 4.96. The molecule has 0 bridgehead atoms. The number of carbonyl (C=O) groups excluding carboxylic acids is 2. The monoisotopic (exact) mass is 278 g/mol. The second-order valence-electron chi connectivity index (χ2n) is 4.62. The maximum absolute atomic E-state index is 12.2. The van der Waals surface area contributed by atoms with Crippen molar-refractivity contribution >= 4 is 22.8 Å². The minimum absolute atomic E-state index is 0.0694. The Balaban J connectivity index is 1.95. The molecule has 0 aromatic carbocycles. The van der Waals surface area contributed by atoms with Crippen LogP contribution < -0.4 is 0 Å². The van der Waals surface area contributed by atoms with E-state index in [0.29, 0.717) is 12.2 Å². The standard InChI is InChI=1S/C14H18N2O2S/c1-11(17)19-10-6-14(18)16-9-2-3-13(16)12-4-7-15-8-5-12/h4-5,7-8,13H,2-3,6,9-10H2,1H3/t13-/m0/s1. The number of hydrogen-bond acceptors (Lipinski definition) is 4. The summed E-state index contributed by atoms with van der Waals surface area (Å²) in [5.74, 6) is 0.723. The molecule has 2 rings (SSSR count). The van der Waals surface area contributed by atoms with E-state index in [1.807, 2.05) is 17.0 Å². The molecule has 1 aliphatic heterocycles. The second kappa shape index (κ2) is 6.70. The first kappa shape index (κ1) is 14.1. The van der Waals surface area contributed by atoms with Gasteiger partial charge in [-0.15, -0.1) is 0 Å². The lowest BCUT2D eigenvalue weighted by molar-refractivity contribution is -0.131. The van der Waals surface area contributed by atoms with Crippen molar-refractivity contribution in [2.75, 3.05) is 12.3 Å². The molecule has 1 fully saturated rings. The number of thioether (sulfide) groups is 1. The lowest BCUT2D eigenvalue weighted by Gasteiger charge is -2.25. The topological polar surface area (TPSA) is 50.3 Å². The molecular weight excluding hydrogens is 260 g/mol. The van der Waals surface area contributed by atoms with Gasteiger partial charge < -0.3 is 4.90 Å². The van der Waals surface area contributed by atoms with Crippen LogP contribution in [0.15, 0.2) is 24.5 Å². The molecule has 1 aliphatic rings. The Bertz CT molecular complexity index is 450. The smallest absolute Gasteiger partial charge is 0.223 e. The molecule has 19 heavy (non-hydrogen) atoms. The lowest BCUT2D eigenvalue weighted by Crippen LogP contribution is -2.30. The van der Waals surface area contributed by atoms with Gasteiger partial charge in [0.05, 0.1) is 6.04 Å². The van der Waals surface area contributed by atoms with E-state index in [0.717, 1.165) is 24.9 Å². The van der Waals surface area contributed by atoms with Crippen molar-refractivity contribution in [3.8, 4) is 0 Å². The quantitative estimate of drug-likeness (QED) is 0.848. The maximum Gasteiger partial charge on any atom is 0.223 e. The van der Waals surface area contributed by atoms with Gasteiger partial charge in [-0.1, -0.05) is 11.8 Å². The summed E-state index contributed by atoms with van der Waals surface area (Å²) >= 11 is 1.22. The summed E-state index contributed by atoms with van der Waals surface area (Å²) in [6.45, 7) is 2.35. The molecule has 0 radical (unpaired) electrons. The van der Waals surface area contributed by atoms with Crippen LogP contribution in [0.5, 0.6) is 0 Å². The third-order valence-electron chi connectivity index (χ3n) is 3.29. The van der Waals surface area contributed by atoms with Gasteiger partial charge in [-0.25, -0.2) is 0 Å². The number of nitrogens with zero attached hydrogens (tertiary/aromatic N) is 2. The number of pyridine rings is 1. The van der Waals surface area contributed by atoms with Crippen LogP contribution in [-0.4, -0.2) is 33.2 Å². The molecule has 0 spiro atoms. The minimum atomic E-state index is 0.0694. The first-order chi connectivity index (χ1) is 9.18. The summed E-state index contributed by atoms with van der Waals surface area (Å²) in [5, 5.41) is 0.0694. The van der Waals surface area contributed by atoms with Gasteiger partial charge in [-0.05, 0) is 30.5 Å². The largest absolute Gasteiger partial charge is 0.336 e. The highest BCUT2D eigenvalue weighted by molar-refractivity contribution is 8.13. The Morgan fingerprint density at radius 2 is 2.16 bits per heavy atom. The van der Waals surface area contributed by atoms with Crippen LogP contribution in [0, 0.1) is 0 Å². The average molecular weight is 278 g/mol. The minimum Gasteiger partial charge on any atom is -0.336 e. The average Bonchev–Trinajstić information content (AvgIpc) is 2.88. The summed E-state index contributed by atoms with van der Waals surface area (Å²) in [5.41, 5.74) is 1.15. The zero-order chi connectivity index (χ0) is 13.7. The predicted molar refractivity (Wildman–Crippen MR) is 75.7 cm³/mol. The highest BCUT2D eigenvalue weighted by atomic mass is 32.2. The summed E-state index contributed by atoms with van der Waals surface area (Å²) in [6, 6.07) is 4.12. The first-order valence-corrected chi connectivity index (χ1v) is 7.50. The molecule has 1 atom stereocenters. The van der Waals surface area contributed by atoms with Crippen molar-refractivity contribution in [3.05, 3.63) is 30.1 Å². The van der Waals surface area contributed by atoms with Crippen molar-refractivity contribution in [1.82, 2.24) is 9.88 Å². The van der Waals surface area contributed by atoms with Crippen LogP contribution in [-0.2, 0) is 9.59 Å². The van der Waals surface area contributed by atoms with Gasteiger partial charge in [-0.3, -0.25) is 14.6 Å². The van der Waals surface area contributed by atoms with Crippen molar-refractivity contribution in [2.24, 2.45) is 0 Å². The Morgan fingerprint density at radius 1 is 1.42 bits per heavy atom. The lowest BCUT2D eigenvalue weighted by atomic mass is 10.1. The van der Waals surface area contributed by atoms with E-state index in [4.69, 9.17) is 0 Å². The van der Waals surface area contributed by atoms with Gasteiger partial charge >= 0.3 is 0 Å². The van der Waals surface area contributed by atoms with Crippen LogP contribution in [0.25, 0.3) is 0 Å². The molecular formula is C14H18N2O2S. The summed E-state index contributed by atoms with van der Waals surface area (Å²) < 4.78 is 0. The maximum atomic E-state index is 12.2. The Hall–Kier alpha value is -1.36. The summed E-state index contributed by atoms with van der Waals surface area (Å²) in [6.07, 6.45) is 6.02. The molecule has 0 unspecified atom stereocenters. The highest BCUT2D eigenvalue weighted by Gasteiger charge is 2.29. The van der Waals surface area contributed by atoms with E-state index in [2.05, 4.69) is 4.98 Å². The van der Waals surface area contributed by atoms with Gasteiger partial charge in [-0.2, -0.15) is 0 Å². The molecule has 4 nitrogen and oxygen atoms in total. The third-order valence-corrected chi connectivity index (χ3v) is 4.10. The molecule has 0 saturated carbocycles. The number of likely N-dealkylation sites (tertiary alicyclic amines) is 1. The van der Waals surface area contributed by atoms with E-state index in [1.165, 1.54) is 18.7 Å².